The Labute approximate surface area is 195 Å². The van der Waals surface area contributed by atoms with Crippen LogP contribution in [0.15, 0.2) is 53.9 Å². The first-order valence-corrected chi connectivity index (χ1v) is 11.3. The molecule has 0 saturated carbocycles. The van der Waals surface area contributed by atoms with Gasteiger partial charge in [0.2, 0.25) is 0 Å². The molecule has 3 amide bonds. The molecule has 9 heteroatoms. The molecule has 172 valence electrons. The Morgan fingerprint density at radius 2 is 1.88 bits per heavy atom. The minimum absolute atomic E-state index is 0.0991. The maximum Gasteiger partial charge on any atom is 0.322 e. The highest BCUT2D eigenvalue weighted by Crippen LogP contribution is 2.38. The van der Waals surface area contributed by atoms with Crippen molar-refractivity contribution in [3.05, 3.63) is 75.7 Å². The molecular formula is C24H24FN3O4S. The predicted octanol–water partition coefficient (Wildman–Crippen LogP) is 4.47. The van der Waals surface area contributed by atoms with Crippen LogP contribution in [0.3, 0.4) is 0 Å². The van der Waals surface area contributed by atoms with Crippen LogP contribution in [0.5, 0.6) is 11.5 Å². The number of hydrogen-bond acceptors (Lipinski definition) is 5. The molecule has 0 aliphatic carbocycles. The Hall–Kier alpha value is -3.59. The van der Waals surface area contributed by atoms with E-state index in [1.54, 1.807) is 43.4 Å². The highest BCUT2D eigenvalue weighted by atomic mass is 32.1. The van der Waals surface area contributed by atoms with Gasteiger partial charge in [0.25, 0.3) is 5.91 Å². The molecule has 1 aliphatic rings. The smallest absolute Gasteiger partial charge is 0.322 e. The van der Waals surface area contributed by atoms with Gasteiger partial charge in [-0.2, -0.15) is 0 Å². The second kappa shape index (κ2) is 9.91. The van der Waals surface area contributed by atoms with Crippen LogP contribution in [0, 0.1) is 5.82 Å². The number of nitrogens with zero attached hydrogens (tertiary/aromatic N) is 1. The normalized spacial score (nSPS) is 14.9. The summed E-state index contributed by atoms with van der Waals surface area (Å²) < 4.78 is 25.0. The maximum atomic E-state index is 14.1. The number of para-hydroxylation sites is 1. The van der Waals surface area contributed by atoms with Crippen LogP contribution in [0.2, 0.25) is 0 Å². The van der Waals surface area contributed by atoms with Crippen molar-refractivity contribution in [3.8, 4) is 11.5 Å². The highest BCUT2D eigenvalue weighted by Gasteiger charge is 2.33. The zero-order chi connectivity index (χ0) is 23.4. The fourth-order valence-corrected chi connectivity index (χ4v) is 4.57. The molecule has 0 saturated heterocycles. The third-order valence-corrected chi connectivity index (χ3v) is 6.45. The number of carbonyl (C=O) groups excluding carboxylic acids is 2. The molecule has 7 nitrogen and oxygen atoms in total. The largest absolute Gasteiger partial charge is 0.493 e. The predicted molar refractivity (Wildman–Crippen MR) is 125 cm³/mol. The molecule has 2 heterocycles. The van der Waals surface area contributed by atoms with E-state index in [9.17, 15) is 14.0 Å². The van der Waals surface area contributed by atoms with Gasteiger partial charge in [0.05, 0.1) is 30.8 Å². The summed E-state index contributed by atoms with van der Waals surface area (Å²) in [6.07, 6.45) is 0.579. The van der Waals surface area contributed by atoms with Crippen LogP contribution in [-0.2, 0) is 6.42 Å². The number of ether oxygens (including phenoxy) is 2. The van der Waals surface area contributed by atoms with Gasteiger partial charge in [-0.05, 0) is 53.3 Å². The van der Waals surface area contributed by atoms with Gasteiger partial charge in [-0.3, -0.25) is 4.79 Å². The topological polar surface area (TPSA) is 79.9 Å². The lowest BCUT2D eigenvalue weighted by Gasteiger charge is -2.37. The van der Waals surface area contributed by atoms with Crippen LogP contribution in [0.1, 0.15) is 26.8 Å². The van der Waals surface area contributed by atoms with Gasteiger partial charge in [0.15, 0.2) is 11.5 Å². The zero-order valence-electron chi connectivity index (χ0n) is 18.3. The molecule has 0 radical (unpaired) electrons. The Morgan fingerprint density at radius 3 is 2.58 bits per heavy atom. The number of anilines is 1. The van der Waals surface area contributed by atoms with Gasteiger partial charge in [-0.1, -0.05) is 18.2 Å². The Morgan fingerprint density at radius 1 is 1.12 bits per heavy atom. The second-order valence-electron chi connectivity index (χ2n) is 7.46. The van der Waals surface area contributed by atoms with Crippen LogP contribution >= 0.6 is 11.3 Å². The van der Waals surface area contributed by atoms with Crippen molar-refractivity contribution in [2.24, 2.45) is 0 Å². The Balaban J connectivity index is 1.64. The molecule has 1 aromatic heterocycles. The van der Waals surface area contributed by atoms with Gasteiger partial charge < -0.3 is 25.0 Å². The van der Waals surface area contributed by atoms with E-state index in [0.717, 1.165) is 11.1 Å². The summed E-state index contributed by atoms with van der Waals surface area (Å²) in [5.41, 5.74) is 1.94. The molecule has 1 atom stereocenters. The van der Waals surface area contributed by atoms with E-state index in [4.69, 9.17) is 9.47 Å². The number of carbonyl (C=O) groups is 2. The standard InChI is InChI=1S/C24H24FN3O4S/c1-31-20-12-15-9-10-28(24(30)27-18-7-4-3-6-17(18)25)19(16(15)13-21(20)32-2)14-26-23(29)22-8-5-11-33-22/h3-8,11-13,19H,9-10,14H2,1-2H3,(H,26,29)(H,27,30)/t19-/m1/s1. The Bertz CT molecular complexity index is 1150. The van der Waals surface area contributed by atoms with Gasteiger partial charge in [-0.25, -0.2) is 9.18 Å². The van der Waals surface area contributed by atoms with Gasteiger partial charge in [0, 0.05) is 13.1 Å². The van der Waals surface area contributed by atoms with Crippen LogP contribution in [0.25, 0.3) is 0 Å². The zero-order valence-corrected chi connectivity index (χ0v) is 19.1. The first-order chi connectivity index (χ1) is 16.0. The van der Waals surface area contributed by atoms with Crippen molar-refractivity contribution in [3.63, 3.8) is 0 Å². The minimum atomic E-state index is -0.516. The third-order valence-electron chi connectivity index (χ3n) is 5.58. The van der Waals surface area contributed by atoms with E-state index in [2.05, 4.69) is 10.6 Å². The van der Waals surface area contributed by atoms with E-state index in [0.29, 0.717) is 29.3 Å². The minimum Gasteiger partial charge on any atom is -0.493 e. The number of benzene rings is 2. The summed E-state index contributed by atoms with van der Waals surface area (Å²) in [5.74, 6) is 0.397. The average Bonchev–Trinajstić information content (AvgIpc) is 3.37. The number of thiophene rings is 1. The number of amides is 3. The SMILES string of the molecule is COc1cc2c(cc1OC)[C@@H](CNC(=O)c1cccs1)N(C(=O)Nc1ccccc1F)CC2. The average molecular weight is 470 g/mol. The molecule has 3 aromatic rings. The summed E-state index contributed by atoms with van der Waals surface area (Å²) >= 11 is 1.34. The molecule has 33 heavy (non-hydrogen) atoms. The molecule has 0 spiro atoms. The monoisotopic (exact) mass is 469 g/mol. The lowest BCUT2D eigenvalue weighted by atomic mass is 9.91. The number of rotatable bonds is 6. The van der Waals surface area contributed by atoms with Crippen molar-refractivity contribution in [1.29, 1.82) is 0 Å². The quantitative estimate of drug-likeness (QED) is 0.559. The summed E-state index contributed by atoms with van der Waals surface area (Å²) in [4.78, 5) is 27.9. The summed E-state index contributed by atoms with van der Waals surface area (Å²) in [5, 5.41) is 7.41. The number of fused-ring (bicyclic) bond motifs is 1. The van der Waals surface area contributed by atoms with Crippen molar-refractivity contribution in [2.45, 2.75) is 12.5 Å². The van der Waals surface area contributed by atoms with Gasteiger partial charge in [-0.15, -0.1) is 11.3 Å². The molecule has 0 unspecified atom stereocenters. The Kier molecular flexibility index (Phi) is 6.79. The third kappa shape index (κ3) is 4.78. The molecule has 4 rings (SSSR count). The number of hydrogen-bond donors (Lipinski definition) is 2. The van der Waals surface area contributed by atoms with E-state index >= 15 is 0 Å². The number of urea groups is 1. The van der Waals surface area contributed by atoms with Crippen LogP contribution < -0.4 is 20.1 Å². The van der Waals surface area contributed by atoms with E-state index in [1.165, 1.54) is 23.5 Å². The van der Waals surface area contributed by atoms with Crippen LogP contribution in [-0.4, -0.2) is 44.1 Å². The van der Waals surface area contributed by atoms with Crippen molar-refractivity contribution < 1.29 is 23.5 Å². The molecule has 2 N–H and O–H groups in total. The molecule has 0 bridgehead atoms. The summed E-state index contributed by atoms with van der Waals surface area (Å²) in [6, 6.07) is 12.4. The summed E-state index contributed by atoms with van der Waals surface area (Å²) in [6.45, 7) is 0.576. The van der Waals surface area contributed by atoms with Crippen LogP contribution in [0.4, 0.5) is 14.9 Å². The van der Waals surface area contributed by atoms with Crippen molar-refractivity contribution in [2.75, 3.05) is 32.6 Å². The first kappa shape index (κ1) is 22.6. The second-order valence-corrected chi connectivity index (χ2v) is 8.41. The molecular weight excluding hydrogens is 445 g/mol. The van der Waals surface area contributed by atoms with E-state index < -0.39 is 17.9 Å². The fourth-order valence-electron chi connectivity index (χ4n) is 3.93. The van der Waals surface area contributed by atoms with E-state index in [1.807, 2.05) is 17.5 Å². The van der Waals surface area contributed by atoms with Crippen molar-refractivity contribution in [1.82, 2.24) is 10.2 Å². The lowest BCUT2D eigenvalue weighted by molar-refractivity contribution is 0.0940. The van der Waals surface area contributed by atoms with Gasteiger partial charge in [0.1, 0.15) is 5.82 Å². The molecule has 0 fully saturated rings. The first-order valence-electron chi connectivity index (χ1n) is 10.4. The number of halogens is 1. The molecule has 1 aliphatic heterocycles. The number of methoxy groups -OCH3 is 2. The van der Waals surface area contributed by atoms with E-state index in [-0.39, 0.29) is 18.1 Å². The maximum absolute atomic E-state index is 14.1. The molecule has 2 aromatic carbocycles. The van der Waals surface area contributed by atoms with Gasteiger partial charge >= 0.3 is 6.03 Å². The van der Waals surface area contributed by atoms with Crippen molar-refractivity contribution >= 4 is 29.0 Å². The lowest BCUT2D eigenvalue weighted by Crippen LogP contribution is -2.46. The number of nitrogens with one attached hydrogen (secondary N) is 2. The summed E-state index contributed by atoms with van der Waals surface area (Å²) in [7, 11) is 3.11. The fraction of sp³-hybridized carbons (Fsp3) is 0.250. The highest BCUT2D eigenvalue weighted by molar-refractivity contribution is 7.12.